The molecule has 0 saturated carbocycles. The number of hydrogen-bond donors (Lipinski definition) is 3. The molecule has 0 aliphatic heterocycles. The lowest BCUT2D eigenvalue weighted by Crippen LogP contribution is -2.38. The van der Waals surface area contributed by atoms with Gasteiger partial charge in [-0.1, -0.05) is 17.7 Å². The summed E-state index contributed by atoms with van der Waals surface area (Å²) in [6.45, 7) is 6.63. The highest BCUT2D eigenvalue weighted by atomic mass is 16.5. The molecule has 0 radical (unpaired) electrons. The second kappa shape index (κ2) is 8.19. The summed E-state index contributed by atoms with van der Waals surface area (Å²) in [5.41, 5.74) is 3.22. The maximum Gasteiger partial charge on any atom is 0.315 e. The molecule has 0 spiro atoms. The molecule has 0 aliphatic rings. The highest BCUT2D eigenvalue weighted by molar-refractivity contribution is 5.73. The van der Waals surface area contributed by atoms with E-state index in [0.29, 0.717) is 18.7 Å². The Hall–Kier alpha value is -2.76. The zero-order valence-corrected chi connectivity index (χ0v) is 14.2. The van der Waals surface area contributed by atoms with E-state index >= 15 is 0 Å². The van der Waals surface area contributed by atoms with Crippen LogP contribution in [-0.4, -0.2) is 24.2 Å². The third-order valence-corrected chi connectivity index (χ3v) is 3.60. The Morgan fingerprint density at radius 2 is 1.83 bits per heavy atom. The van der Waals surface area contributed by atoms with E-state index in [1.54, 1.807) is 0 Å². The van der Waals surface area contributed by atoms with Crippen LogP contribution in [0.15, 0.2) is 35.1 Å². The molecule has 1 aromatic carbocycles. The normalized spacial score (nSPS) is 10.3. The fourth-order valence-corrected chi connectivity index (χ4v) is 2.30. The molecule has 0 atom stereocenters. The molecule has 0 bridgehead atoms. The van der Waals surface area contributed by atoms with Crippen molar-refractivity contribution in [3.63, 3.8) is 0 Å². The van der Waals surface area contributed by atoms with Crippen LogP contribution in [0.3, 0.4) is 0 Å². The largest absolute Gasteiger partial charge is 0.492 e. The van der Waals surface area contributed by atoms with E-state index in [2.05, 4.69) is 15.6 Å². The Labute approximate surface area is 141 Å². The number of pyridine rings is 1. The van der Waals surface area contributed by atoms with Gasteiger partial charge >= 0.3 is 6.03 Å². The fraction of sp³-hybridized carbons (Fsp3) is 0.333. The first-order chi connectivity index (χ1) is 11.5. The zero-order chi connectivity index (χ0) is 17.5. The van der Waals surface area contributed by atoms with Gasteiger partial charge in [-0.15, -0.1) is 0 Å². The Morgan fingerprint density at radius 3 is 2.50 bits per heavy atom. The van der Waals surface area contributed by atoms with Gasteiger partial charge in [0.1, 0.15) is 12.4 Å². The molecule has 6 nitrogen and oxygen atoms in total. The third-order valence-electron chi connectivity index (χ3n) is 3.60. The average Bonchev–Trinajstić information content (AvgIpc) is 2.52. The molecule has 3 N–H and O–H groups in total. The van der Waals surface area contributed by atoms with Gasteiger partial charge in [0.2, 0.25) is 0 Å². The number of H-pyrrole nitrogens is 1. The summed E-state index contributed by atoms with van der Waals surface area (Å²) in [4.78, 5) is 26.4. The second-order valence-corrected chi connectivity index (χ2v) is 5.71. The van der Waals surface area contributed by atoms with Gasteiger partial charge in [0.25, 0.3) is 5.56 Å². The first-order valence-electron chi connectivity index (χ1n) is 7.86. The lowest BCUT2D eigenvalue weighted by Gasteiger charge is -2.10. The number of benzene rings is 1. The molecule has 128 valence electrons. The maximum atomic E-state index is 11.9. The number of aryl methyl sites for hydroxylation is 3. The van der Waals surface area contributed by atoms with Crippen LogP contribution in [0.25, 0.3) is 0 Å². The molecule has 2 aromatic rings. The predicted octanol–water partition coefficient (Wildman–Crippen LogP) is 2.18. The molecule has 6 heteroatoms. The molecule has 24 heavy (non-hydrogen) atoms. The number of amides is 2. The van der Waals surface area contributed by atoms with Crippen LogP contribution in [-0.2, 0) is 6.54 Å². The number of nitrogens with one attached hydrogen (secondary N) is 3. The highest BCUT2D eigenvalue weighted by Gasteiger charge is 2.07. The summed E-state index contributed by atoms with van der Waals surface area (Å²) < 4.78 is 5.53. The third kappa shape index (κ3) is 5.15. The van der Waals surface area contributed by atoms with Gasteiger partial charge < -0.3 is 20.4 Å². The Kier molecular flexibility index (Phi) is 6.01. The van der Waals surface area contributed by atoms with Crippen molar-refractivity contribution in [2.24, 2.45) is 0 Å². The number of rotatable bonds is 6. The summed E-state index contributed by atoms with van der Waals surface area (Å²) in [5, 5.41) is 5.38. The molecular formula is C18H23N3O3. The molecule has 0 fully saturated rings. The van der Waals surface area contributed by atoms with Crippen LogP contribution >= 0.6 is 0 Å². The monoisotopic (exact) mass is 329 g/mol. The van der Waals surface area contributed by atoms with E-state index in [1.807, 2.05) is 51.1 Å². The summed E-state index contributed by atoms with van der Waals surface area (Å²) >= 11 is 0. The minimum Gasteiger partial charge on any atom is -0.492 e. The van der Waals surface area contributed by atoms with Crippen molar-refractivity contribution in [1.29, 1.82) is 0 Å². The van der Waals surface area contributed by atoms with Gasteiger partial charge in [0.05, 0.1) is 13.1 Å². The van der Waals surface area contributed by atoms with E-state index in [1.165, 1.54) is 5.56 Å². The SMILES string of the molecule is Cc1ccc(OCCNC(=O)NCc2c(C)cc(C)[nH]c2=O)cc1. The quantitative estimate of drug-likeness (QED) is 0.710. The lowest BCUT2D eigenvalue weighted by molar-refractivity contribution is 0.236. The molecule has 0 saturated heterocycles. The van der Waals surface area contributed by atoms with Crippen molar-refractivity contribution in [3.05, 3.63) is 63.1 Å². The van der Waals surface area contributed by atoms with Gasteiger partial charge in [-0.2, -0.15) is 0 Å². The Morgan fingerprint density at radius 1 is 1.12 bits per heavy atom. The number of carbonyl (C=O) groups excluding carboxylic acids is 1. The second-order valence-electron chi connectivity index (χ2n) is 5.71. The van der Waals surface area contributed by atoms with Gasteiger partial charge in [-0.3, -0.25) is 4.79 Å². The van der Waals surface area contributed by atoms with Crippen molar-refractivity contribution in [3.8, 4) is 5.75 Å². The Bertz CT molecular complexity index is 751. The van der Waals surface area contributed by atoms with Crippen LogP contribution < -0.4 is 20.9 Å². The number of carbonyl (C=O) groups is 1. The van der Waals surface area contributed by atoms with Crippen LogP contribution in [0.1, 0.15) is 22.4 Å². The van der Waals surface area contributed by atoms with Crippen molar-refractivity contribution in [1.82, 2.24) is 15.6 Å². The molecule has 2 rings (SSSR count). The zero-order valence-electron chi connectivity index (χ0n) is 14.2. The maximum absolute atomic E-state index is 11.9. The first kappa shape index (κ1) is 17.6. The molecule has 1 aromatic heterocycles. The number of ether oxygens (including phenoxy) is 1. The average molecular weight is 329 g/mol. The van der Waals surface area contributed by atoms with Crippen LogP contribution in [0.2, 0.25) is 0 Å². The number of aromatic amines is 1. The summed E-state index contributed by atoms with van der Waals surface area (Å²) in [7, 11) is 0. The predicted molar refractivity (Wildman–Crippen MR) is 93.4 cm³/mol. The summed E-state index contributed by atoms with van der Waals surface area (Å²) in [5.74, 6) is 0.768. The standard InChI is InChI=1S/C18H23N3O3/c1-12-4-6-15(7-5-12)24-9-8-19-18(23)20-11-16-13(2)10-14(3)21-17(16)22/h4-7,10H,8-9,11H2,1-3H3,(H,21,22)(H2,19,20,23). The van der Waals surface area contributed by atoms with Crippen LogP contribution in [0.5, 0.6) is 5.75 Å². The van der Waals surface area contributed by atoms with Crippen LogP contribution in [0, 0.1) is 20.8 Å². The molecule has 2 amide bonds. The summed E-state index contributed by atoms with van der Waals surface area (Å²) in [6, 6.07) is 9.27. The van der Waals surface area contributed by atoms with Gasteiger partial charge in [-0.05, 0) is 44.5 Å². The van der Waals surface area contributed by atoms with E-state index < -0.39 is 0 Å². The highest BCUT2D eigenvalue weighted by Crippen LogP contribution is 2.10. The number of hydrogen-bond acceptors (Lipinski definition) is 3. The minimum absolute atomic E-state index is 0.171. The molecule has 1 heterocycles. The molecular weight excluding hydrogens is 306 g/mol. The smallest absolute Gasteiger partial charge is 0.315 e. The Balaban J connectivity index is 1.72. The number of urea groups is 1. The topological polar surface area (TPSA) is 83.2 Å². The first-order valence-corrected chi connectivity index (χ1v) is 7.86. The fourth-order valence-electron chi connectivity index (χ4n) is 2.30. The van der Waals surface area contributed by atoms with Crippen molar-refractivity contribution >= 4 is 6.03 Å². The van der Waals surface area contributed by atoms with Gasteiger partial charge in [0, 0.05) is 11.3 Å². The summed E-state index contributed by atoms with van der Waals surface area (Å²) in [6.07, 6.45) is 0. The van der Waals surface area contributed by atoms with E-state index in [9.17, 15) is 9.59 Å². The van der Waals surface area contributed by atoms with Gasteiger partial charge in [-0.25, -0.2) is 4.79 Å². The molecule has 0 unspecified atom stereocenters. The lowest BCUT2D eigenvalue weighted by atomic mass is 10.1. The minimum atomic E-state index is -0.332. The molecule has 0 aliphatic carbocycles. The number of aromatic nitrogens is 1. The van der Waals surface area contributed by atoms with Gasteiger partial charge in [0.15, 0.2) is 0 Å². The van der Waals surface area contributed by atoms with E-state index in [-0.39, 0.29) is 18.1 Å². The van der Waals surface area contributed by atoms with Crippen molar-refractivity contribution in [2.75, 3.05) is 13.2 Å². The van der Waals surface area contributed by atoms with E-state index in [0.717, 1.165) is 17.0 Å². The van der Waals surface area contributed by atoms with Crippen molar-refractivity contribution in [2.45, 2.75) is 27.3 Å². The van der Waals surface area contributed by atoms with E-state index in [4.69, 9.17) is 4.74 Å². The van der Waals surface area contributed by atoms with Crippen molar-refractivity contribution < 1.29 is 9.53 Å². The van der Waals surface area contributed by atoms with Crippen LogP contribution in [0.4, 0.5) is 4.79 Å².